The lowest BCUT2D eigenvalue weighted by Gasteiger charge is -2.36. The number of carbonyl (C=O) groups is 1. The first-order chi connectivity index (χ1) is 17.0. The van der Waals surface area contributed by atoms with Gasteiger partial charge < -0.3 is 19.0 Å². The lowest BCUT2D eigenvalue weighted by molar-refractivity contribution is -0.385. The van der Waals surface area contributed by atoms with Gasteiger partial charge in [-0.3, -0.25) is 14.9 Å². The summed E-state index contributed by atoms with van der Waals surface area (Å²) in [6.07, 6.45) is 1.47. The van der Waals surface area contributed by atoms with Gasteiger partial charge in [-0.05, 0) is 36.8 Å². The summed E-state index contributed by atoms with van der Waals surface area (Å²) < 4.78 is 11.1. The van der Waals surface area contributed by atoms with Crippen LogP contribution in [0, 0.1) is 17.0 Å². The summed E-state index contributed by atoms with van der Waals surface area (Å²) in [6, 6.07) is 18.5. The average molecular weight is 489 g/mol. The number of aromatic nitrogens is 1. The van der Waals surface area contributed by atoms with Crippen molar-refractivity contribution in [3.8, 4) is 5.88 Å². The first-order valence-corrected chi connectivity index (χ1v) is 11.3. The molecule has 1 aliphatic rings. The molecule has 1 fully saturated rings. The van der Waals surface area contributed by atoms with Crippen LogP contribution in [0.2, 0.25) is 0 Å². The first kappa shape index (κ1) is 24.7. The predicted molar refractivity (Wildman–Crippen MR) is 137 cm³/mol. The van der Waals surface area contributed by atoms with Crippen LogP contribution in [-0.2, 0) is 6.61 Å². The number of benzene rings is 2. The molecule has 5 rings (SSSR count). The van der Waals surface area contributed by atoms with Gasteiger partial charge in [-0.1, -0.05) is 49.4 Å². The summed E-state index contributed by atoms with van der Waals surface area (Å²) in [5, 5.41) is 13.0. The Bertz CT molecular complexity index is 1360. The van der Waals surface area contributed by atoms with E-state index in [1.807, 2.05) is 60.4 Å². The van der Waals surface area contributed by atoms with Crippen LogP contribution in [0.15, 0.2) is 71.3 Å². The van der Waals surface area contributed by atoms with Crippen molar-refractivity contribution in [2.75, 3.05) is 31.1 Å². The van der Waals surface area contributed by atoms with E-state index < -0.39 is 4.92 Å². The number of piperazine rings is 1. The minimum Gasteiger partial charge on any atom is -0.468 e. The van der Waals surface area contributed by atoms with Crippen molar-refractivity contribution in [1.82, 2.24) is 9.88 Å². The molecule has 0 bridgehead atoms. The molecular formula is C27H28N4O5. The van der Waals surface area contributed by atoms with Crippen molar-refractivity contribution >= 4 is 28.2 Å². The largest absolute Gasteiger partial charge is 0.468 e. The molecule has 2 aromatic heterocycles. The number of nitrogens with zero attached hydrogens (tertiary/aromatic N) is 4. The van der Waals surface area contributed by atoms with Crippen molar-refractivity contribution in [3.63, 3.8) is 0 Å². The molecule has 2 aromatic carbocycles. The normalized spacial score (nSPS) is 13.4. The van der Waals surface area contributed by atoms with Crippen LogP contribution >= 0.6 is 0 Å². The van der Waals surface area contributed by atoms with E-state index in [0.29, 0.717) is 42.8 Å². The number of pyridine rings is 1. The molecular weight excluding hydrogens is 460 g/mol. The van der Waals surface area contributed by atoms with E-state index in [2.05, 4.69) is 4.98 Å². The number of ether oxygens (including phenoxy) is 1. The van der Waals surface area contributed by atoms with E-state index in [9.17, 15) is 14.9 Å². The van der Waals surface area contributed by atoms with Crippen LogP contribution in [0.1, 0.15) is 29.1 Å². The third-order valence-electron chi connectivity index (χ3n) is 6.07. The average Bonchev–Trinajstić information content (AvgIpc) is 3.42. The molecule has 0 aliphatic carbocycles. The number of anilines is 1. The highest BCUT2D eigenvalue weighted by molar-refractivity contribution is 5.99. The zero-order chi connectivity index (χ0) is 24.4. The highest BCUT2D eigenvalue weighted by Gasteiger charge is 2.33. The van der Waals surface area contributed by atoms with E-state index in [-0.39, 0.29) is 37.3 Å². The van der Waals surface area contributed by atoms with E-state index in [1.165, 1.54) is 6.26 Å². The number of furan rings is 1. The van der Waals surface area contributed by atoms with Crippen molar-refractivity contribution in [1.29, 1.82) is 0 Å². The molecule has 36 heavy (non-hydrogen) atoms. The standard InChI is InChI=1S/C26H24N4O5.CH4/c1-18-9-10-21-20(16-18)23(28-11-13-29(14-12-28)26(31)22-8-5-15-34-22)24(30(32)33)25(27-21)35-17-19-6-3-2-4-7-19;/h2-10,15-16H,11-14,17H2,1H3;1H4. The van der Waals surface area contributed by atoms with Gasteiger partial charge in [-0.15, -0.1) is 0 Å². The molecule has 1 saturated heterocycles. The molecule has 0 unspecified atom stereocenters. The minimum atomic E-state index is -0.426. The van der Waals surface area contributed by atoms with Crippen LogP contribution in [0.5, 0.6) is 5.88 Å². The predicted octanol–water partition coefficient (Wildman–Crippen LogP) is 5.22. The van der Waals surface area contributed by atoms with Crippen molar-refractivity contribution < 1.29 is 18.9 Å². The van der Waals surface area contributed by atoms with Gasteiger partial charge in [0.05, 0.1) is 16.7 Å². The van der Waals surface area contributed by atoms with Crippen molar-refractivity contribution in [3.05, 3.63) is 93.9 Å². The van der Waals surface area contributed by atoms with Crippen LogP contribution in [0.25, 0.3) is 10.9 Å². The molecule has 0 saturated carbocycles. The fraction of sp³-hybridized carbons (Fsp3) is 0.259. The number of nitro groups is 1. The number of aryl methyl sites for hydroxylation is 1. The molecule has 3 heterocycles. The Hall–Kier alpha value is -4.40. The molecule has 1 amide bonds. The Labute approximate surface area is 209 Å². The third kappa shape index (κ3) is 4.86. The van der Waals surface area contributed by atoms with Gasteiger partial charge in [0.25, 0.3) is 11.8 Å². The van der Waals surface area contributed by atoms with E-state index in [4.69, 9.17) is 9.15 Å². The summed E-state index contributed by atoms with van der Waals surface area (Å²) in [6.45, 7) is 3.78. The number of hydrogen-bond donors (Lipinski definition) is 0. The van der Waals surface area contributed by atoms with Crippen LogP contribution < -0.4 is 9.64 Å². The number of amides is 1. The monoisotopic (exact) mass is 488 g/mol. The van der Waals surface area contributed by atoms with E-state index in [1.54, 1.807) is 17.0 Å². The second-order valence-corrected chi connectivity index (χ2v) is 8.42. The summed E-state index contributed by atoms with van der Waals surface area (Å²) in [5.74, 6) is 0.0803. The molecule has 1 aliphatic heterocycles. The smallest absolute Gasteiger partial charge is 0.354 e. The molecule has 9 heteroatoms. The maximum absolute atomic E-state index is 12.7. The lowest BCUT2D eigenvalue weighted by Crippen LogP contribution is -2.49. The second kappa shape index (κ2) is 10.5. The quantitative estimate of drug-likeness (QED) is 0.271. The highest BCUT2D eigenvalue weighted by Crippen LogP contribution is 2.42. The number of fused-ring (bicyclic) bond motifs is 1. The summed E-state index contributed by atoms with van der Waals surface area (Å²) in [5.41, 5.74) is 2.79. The summed E-state index contributed by atoms with van der Waals surface area (Å²) >= 11 is 0. The van der Waals surface area contributed by atoms with Gasteiger partial charge >= 0.3 is 5.69 Å². The Kier molecular flexibility index (Phi) is 7.19. The molecule has 186 valence electrons. The maximum Gasteiger partial charge on any atom is 0.354 e. The van der Waals surface area contributed by atoms with Gasteiger partial charge in [-0.25, -0.2) is 4.98 Å². The fourth-order valence-electron chi connectivity index (χ4n) is 4.33. The number of hydrogen-bond acceptors (Lipinski definition) is 7. The molecule has 0 radical (unpaired) electrons. The molecule has 0 atom stereocenters. The number of rotatable bonds is 6. The van der Waals surface area contributed by atoms with Crippen LogP contribution in [0.4, 0.5) is 11.4 Å². The van der Waals surface area contributed by atoms with Crippen LogP contribution in [-0.4, -0.2) is 46.9 Å². The van der Waals surface area contributed by atoms with Crippen molar-refractivity contribution in [2.24, 2.45) is 0 Å². The Morgan fingerprint density at radius 3 is 2.50 bits per heavy atom. The highest BCUT2D eigenvalue weighted by atomic mass is 16.6. The van der Waals surface area contributed by atoms with E-state index in [0.717, 1.165) is 11.1 Å². The minimum absolute atomic E-state index is 0. The zero-order valence-corrected chi connectivity index (χ0v) is 19.2. The van der Waals surface area contributed by atoms with Gasteiger partial charge in [0.2, 0.25) is 0 Å². The first-order valence-electron chi connectivity index (χ1n) is 11.3. The second-order valence-electron chi connectivity index (χ2n) is 8.42. The maximum atomic E-state index is 12.7. The molecule has 0 spiro atoms. The Morgan fingerprint density at radius 2 is 1.83 bits per heavy atom. The number of carbonyl (C=O) groups excluding carboxylic acids is 1. The van der Waals surface area contributed by atoms with Gasteiger partial charge in [-0.2, -0.15) is 0 Å². The summed E-state index contributed by atoms with van der Waals surface area (Å²) in [7, 11) is 0. The SMILES string of the molecule is C.Cc1ccc2nc(OCc3ccccc3)c([N+](=O)[O-])c(N3CCN(C(=O)c4ccco4)CC3)c2c1. The van der Waals surface area contributed by atoms with Gasteiger partial charge in [0, 0.05) is 31.6 Å². The molecule has 9 nitrogen and oxygen atoms in total. The van der Waals surface area contributed by atoms with Crippen molar-refractivity contribution in [2.45, 2.75) is 21.0 Å². The molecule has 4 aromatic rings. The lowest BCUT2D eigenvalue weighted by atomic mass is 10.1. The topological polar surface area (TPSA) is 102 Å². The van der Waals surface area contributed by atoms with Gasteiger partial charge in [0.1, 0.15) is 12.3 Å². The van der Waals surface area contributed by atoms with Gasteiger partial charge in [0.15, 0.2) is 5.76 Å². The summed E-state index contributed by atoms with van der Waals surface area (Å²) in [4.78, 5) is 32.8. The van der Waals surface area contributed by atoms with Crippen LogP contribution in [0.3, 0.4) is 0 Å². The van der Waals surface area contributed by atoms with E-state index >= 15 is 0 Å². The Balaban J connectivity index is 0.00000304. The zero-order valence-electron chi connectivity index (χ0n) is 19.2. The fourth-order valence-corrected chi connectivity index (χ4v) is 4.33. The molecule has 0 N–H and O–H groups in total. The Morgan fingerprint density at radius 1 is 1.08 bits per heavy atom. The third-order valence-corrected chi connectivity index (χ3v) is 6.07.